The zero-order chi connectivity index (χ0) is 39.6. The Bertz CT molecular complexity index is 3590. The first-order valence-corrected chi connectivity index (χ1v) is 20.7. The standard InChI is InChI=1S/C58H38N2/c1-2-19-46(20-3-1)60-55-26-11-10-25-53(55)58-56(60)38-43-16-6-9-24-52(43)57(58)45-18-12-21-48(37-45)59(54-27-13-17-40-14-5-8-23-51(40)54)47-33-30-39(31-34-47)42-32-35-50-44(36-42)29-28-41-15-4-7-22-49(41)50/h1-38H. The van der Waals surface area contributed by atoms with Gasteiger partial charge in [-0.15, -0.1) is 0 Å². The van der Waals surface area contributed by atoms with Gasteiger partial charge in [-0.2, -0.15) is 0 Å². The lowest BCUT2D eigenvalue weighted by Gasteiger charge is -2.27. The van der Waals surface area contributed by atoms with Crippen LogP contribution in [0.2, 0.25) is 0 Å². The fourth-order valence-corrected chi connectivity index (χ4v) is 9.57. The highest BCUT2D eigenvalue weighted by atomic mass is 15.1. The molecular weight excluding hydrogens is 725 g/mol. The van der Waals surface area contributed by atoms with Crippen LogP contribution in [0.25, 0.3) is 92.8 Å². The maximum Gasteiger partial charge on any atom is 0.0553 e. The molecule has 0 spiro atoms. The van der Waals surface area contributed by atoms with Crippen LogP contribution >= 0.6 is 0 Å². The fourth-order valence-electron chi connectivity index (χ4n) is 9.57. The van der Waals surface area contributed by atoms with E-state index in [1.165, 1.54) is 87.1 Å². The zero-order valence-electron chi connectivity index (χ0n) is 32.8. The second-order valence-electron chi connectivity index (χ2n) is 15.7. The van der Waals surface area contributed by atoms with Crippen molar-refractivity contribution in [1.29, 1.82) is 0 Å². The minimum atomic E-state index is 1.10. The number of benzene rings is 11. The average molecular weight is 763 g/mol. The van der Waals surface area contributed by atoms with Crippen LogP contribution in [0.4, 0.5) is 17.1 Å². The molecule has 0 N–H and O–H groups in total. The van der Waals surface area contributed by atoms with Crippen molar-refractivity contribution >= 4 is 82.0 Å². The van der Waals surface area contributed by atoms with Gasteiger partial charge >= 0.3 is 0 Å². The number of hydrogen-bond donors (Lipinski definition) is 0. The van der Waals surface area contributed by atoms with Gasteiger partial charge in [0.15, 0.2) is 0 Å². The highest BCUT2D eigenvalue weighted by Gasteiger charge is 2.21. The lowest BCUT2D eigenvalue weighted by Crippen LogP contribution is -2.10. The van der Waals surface area contributed by atoms with E-state index in [9.17, 15) is 0 Å². The van der Waals surface area contributed by atoms with E-state index in [-0.39, 0.29) is 0 Å². The Kier molecular flexibility index (Phi) is 7.89. The Morgan fingerprint density at radius 3 is 1.73 bits per heavy atom. The first-order valence-electron chi connectivity index (χ1n) is 20.7. The number of aromatic nitrogens is 1. The minimum absolute atomic E-state index is 1.10. The third kappa shape index (κ3) is 5.50. The minimum Gasteiger partial charge on any atom is -0.310 e. The molecule has 0 aliphatic carbocycles. The maximum absolute atomic E-state index is 2.43. The van der Waals surface area contributed by atoms with E-state index >= 15 is 0 Å². The maximum atomic E-state index is 2.43. The third-order valence-electron chi connectivity index (χ3n) is 12.3. The van der Waals surface area contributed by atoms with Crippen molar-refractivity contribution in [3.63, 3.8) is 0 Å². The first kappa shape index (κ1) is 34.1. The molecule has 280 valence electrons. The molecule has 2 nitrogen and oxygen atoms in total. The van der Waals surface area contributed by atoms with Gasteiger partial charge in [0.1, 0.15) is 0 Å². The van der Waals surface area contributed by atoms with Crippen LogP contribution in [0.5, 0.6) is 0 Å². The van der Waals surface area contributed by atoms with Gasteiger partial charge < -0.3 is 9.47 Å². The molecule has 0 bridgehead atoms. The molecule has 2 heteroatoms. The molecule has 0 aliphatic rings. The summed E-state index contributed by atoms with van der Waals surface area (Å²) in [5.41, 5.74) is 11.7. The van der Waals surface area contributed by atoms with E-state index in [1.54, 1.807) is 0 Å². The van der Waals surface area contributed by atoms with Crippen molar-refractivity contribution in [3.8, 4) is 27.9 Å². The molecule has 0 amide bonds. The topological polar surface area (TPSA) is 8.17 Å². The molecule has 12 aromatic rings. The molecule has 0 aliphatic heterocycles. The van der Waals surface area contributed by atoms with Gasteiger partial charge in [0, 0.05) is 33.2 Å². The van der Waals surface area contributed by atoms with Crippen molar-refractivity contribution in [2.45, 2.75) is 0 Å². The molecule has 12 rings (SSSR count). The summed E-state index contributed by atoms with van der Waals surface area (Å²) in [4.78, 5) is 2.43. The van der Waals surface area contributed by atoms with Crippen LogP contribution in [0, 0.1) is 0 Å². The van der Waals surface area contributed by atoms with Crippen molar-refractivity contribution < 1.29 is 0 Å². The summed E-state index contributed by atoms with van der Waals surface area (Å²) < 4.78 is 2.42. The monoisotopic (exact) mass is 762 g/mol. The average Bonchev–Trinajstić information content (AvgIpc) is 3.65. The molecule has 60 heavy (non-hydrogen) atoms. The smallest absolute Gasteiger partial charge is 0.0553 e. The molecule has 1 aromatic heterocycles. The van der Waals surface area contributed by atoms with E-state index in [2.05, 4.69) is 240 Å². The number of hydrogen-bond acceptors (Lipinski definition) is 1. The summed E-state index contributed by atoms with van der Waals surface area (Å²) in [6, 6.07) is 84.3. The van der Waals surface area contributed by atoms with E-state index in [4.69, 9.17) is 0 Å². The first-order chi connectivity index (χ1) is 29.8. The molecule has 0 saturated heterocycles. The van der Waals surface area contributed by atoms with Crippen LogP contribution in [-0.2, 0) is 0 Å². The Morgan fingerprint density at radius 1 is 0.300 bits per heavy atom. The summed E-state index contributed by atoms with van der Waals surface area (Å²) in [6.45, 7) is 0. The Morgan fingerprint density at radius 2 is 0.900 bits per heavy atom. The SMILES string of the molecule is c1ccc(-n2c3ccccc3c3c(-c4cccc(N(c5ccc(-c6ccc7c(ccc8ccccc87)c6)cc5)c5cccc6ccccc56)c4)c4ccccc4cc32)cc1. The van der Waals surface area contributed by atoms with Gasteiger partial charge in [-0.05, 0) is 121 Å². The Labute approximate surface area is 348 Å². The molecule has 0 unspecified atom stereocenters. The van der Waals surface area contributed by atoms with E-state index in [0.29, 0.717) is 0 Å². The van der Waals surface area contributed by atoms with Gasteiger partial charge in [-0.25, -0.2) is 0 Å². The highest BCUT2D eigenvalue weighted by molar-refractivity contribution is 6.23. The lowest BCUT2D eigenvalue weighted by atomic mass is 9.92. The number of rotatable bonds is 6. The second kappa shape index (κ2) is 13.9. The zero-order valence-corrected chi connectivity index (χ0v) is 32.8. The predicted octanol–water partition coefficient (Wildman–Crippen LogP) is 16.2. The molecule has 1 heterocycles. The molecule has 0 atom stereocenters. The van der Waals surface area contributed by atoms with Crippen molar-refractivity contribution in [1.82, 2.24) is 4.57 Å². The number of nitrogens with zero attached hydrogens (tertiary/aromatic N) is 2. The van der Waals surface area contributed by atoms with Crippen LogP contribution in [0.1, 0.15) is 0 Å². The number of para-hydroxylation sites is 2. The van der Waals surface area contributed by atoms with Crippen molar-refractivity contribution in [2.24, 2.45) is 0 Å². The van der Waals surface area contributed by atoms with Gasteiger partial charge in [-0.1, -0.05) is 170 Å². The summed E-state index contributed by atoms with van der Waals surface area (Å²) in [5, 5.41) is 12.5. The quantitative estimate of drug-likeness (QED) is 0.153. The third-order valence-corrected chi connectivity index (χ3v) is 12.3. The summed E-state index contributed by atoms with van der Waals surface area (Å²) >= 11 is 0. The van der Waals surface area contributed by atoms with Gasteiger partial charge in [0.2, 0.25) is 0 Å². The number of fused-ring (bicyclic) bond motifs is 8. The largest absolute Gasteiger partial charge is 0.310 e. The highest BCUT2D eigenvalue weighted by Crippen LogP contribution is 2.46. The summed E-state index contributed by atoms with van der Waals surface area (Å²) in [6.07, 6.45) is 0. The molecule has 11 aromatic carbocycles. The van der Waals surface area contributed by atoms with Crippen LogP contribution in [0.3, 0.4) is 0 Å². The Hall–Kier alpha value is -7.94. The molecule has 0 radical (unpaired) electrons. The van der Waals surface area contributed by atoms with Crippen molar-refractivity contribution in [3.05, 3.63) is 231 Å². The van der Waals surface area contributed by atoms with Gasteiger partial charge in [-0.3, -0.25) is 0 Å². The van der Waals surface area contributed by atoms with E-state index in [0.717, 1.165) is 22.7 Å². The molecule has 0 saturated carbocycles. The van der Waals surface area contributed by atoms with E-state index in [1.807, 2.05) is 0 Å². The summed E-state index contributed by atoms with van der Waals surface area (Å²) in [5.74, 6) is 0. The molecule has 0 fully saturated rings. The second-order valence-corrected chi connectivity index (χ2v) is 15.7. The summed E-state index contributed by atoms with van der Waals surface area (Å²) in [7, 11) is 0. The fraction of sp³-hybridized carbons (Fsp3) is 0. The van der Waals surface area contributed by atoms with Crippen molar-refractivity contribution in [2.75, 3.05) is 4.90 Å². The van der Waals surface area contributed by atoms with Gasteiger partial charge in [0.25, 0.3) is 0 Å². The molecular formula is C58H38N2. The van der Waals surface area contributed by atoms with Crippen LogP contribution in [-0.4, -0.2) is 4.57 Å². The number of anilines is 3. The normalized spacial score (nSPS) is 11.7. The van der Waals surface area contributed by atoms with E-state index < -0.39 is 0 Å². The lowest BCUT2D eigenvalue weighted by molar-refractivity contribution is 1.18. The van der Waals surface area contributed by atoms with Crippen LogP contribution in [0.15, 0.2) is 231 Å². The predicted molar refractivity (Wildman–Crippen MR) is 256 cm³/mol. The van der Waals surface area contributed by atoms with Gasteiger partial charge in [0.05, 0.1) is 16.7 Å². The Balaban J connectivity index is 1.05. The van der Waals surface area contributed by atoms with Crippen LogP contribution < -0.4 is 4.90 Å².